The van der Waals surface area contributed by atoms with Crippen molar-refractivity contribution in [3.63, 3.8) is 0 Å². The smallest absolute Gasteiger partial charge is 0.236 e. The van der Waals surface area contributed by atoms with E-state index in [9.17, 15) is 9.59 Å². The van der Waals surface area contributed by atoms with Gasteiger partial charge in [-0.1, -0.05) is 0 Å². The first kappa shape index (κ1) is 18.9. The Kier molecular flexibility index (Phi) is 4.90. The molecule has 5 fully saturated rings. The first-order valence-corrected chi connectivity index (χ1v) is 11.5. The summed E-state index contributed by atoms with van der Waals surface area (Å²) in [5.74, 6) is 4.01. The molecule has 3 saturated carbocycles. The third kappa shape index (κ3) is 3.47. The number of amides is 2. The number of likely N-dealkylation sites (tertiary alicyclic amines) is 1. The van der Waals surface area contributed by atoms with E-state index in [4.69, 9.17) is 4.74 Å². The van der Waals surface area contributed by atoms with E-state index >= 15 is 0 Å². The fraction of sp³-hybridized carbons (Fsp3) is 0.909. The lowest BCUT2D eigenvalue weighted by Crippen LogP contribution is -2.52. The van der Waals surface area contributed by atoms with E-state index in [-0.39, 0.29) is 18.1 Å². The van der Waals surface area contributed by atoms with Crippen LogP contribution in [0.2, 0.25) is 0 Å². The molecule has 1 N–H and O–H groups in total. The van der Waals surface area contributed by atoms with Crippen LogP contribution in [0.15, 0.2) is 0 Å². The molecule has 2 amide bonds. The van der Waals surface area contributed by atoms with Crippen LogP contribution in [0.3, 0.4) is 0 Å². The molecule has 5 rings (SSSR count). The molecule has 2 saturated heterocycles. The van der Waals surface area contributed by atoms with Crippen molar-refractivity contribution < 1.29 is 14.3 Å². The highest BCUT2D eigenvalue weighted by molar-refractivity contribution is 5.83. The lowest BCUT2D eigenvalue weighted by molar-refractivity contribution is -0.144. The Bertz CT molecular complexity index is 583. The highest BCUT2D eigenvalue weighted by Gasteiger charge is 2.67. The molecule has 0 spiro atoms. The van der Waals surface area contributed by atoms with E-state index in [1.165, 1.54) is 19.3 Å². The van der Waals surface area contributed by atoms with Crippen molar-refractivity contribution in [2.75, 3.05) is 32.7 Å². The van der Waals surface area contributed by atoms with Gasteiger partial charge in [0.05, 0.1) is 18.8 Å². The molecule has 6 nitrogen and oxygen atoms in total. The standard InChI is InChI=1S/C22H35N3O3/c1-13-10-25(11-14(2)28-13)18(26)12-24-7-5-17(6-8-24)23-22(27)21-19-15-3-4-16(9-15)20(19)21/h13-17,19-21H,3-12H2,1-2H3,(H,23,27)/t13?,14?,15-,16+,19+,20-,21?. The summed E-state index contributed by atoms with van der Waals surface area (Å²) in [5.41, 5.74) is 0. The van der Waals surface area contributed by atoms with Gasteiger partial charge in [-0.3, -0.25) is 14.5 Å². The van der Waals surface area contributed by atoms with Gasteiger partial charge in [-0.05, 0) is 69.6 Å². The number of hydrogen-bond acceptors (Lipinski definition) is 4. The van der Waals surface area contributed by atoms with E-state index in [0.29, 0.717) is 37.5 Å². The van der Waals surface area contributed by atoms with Crippen LogP contribution in [0.4, 0.5) is 0 Å². The normalized spacial score (nSPS) is 43.1. The maximum absolute atomic E-state index is 12.7. The summed E-state index contributed by atoms with van der Waals surface area (Å²) in [6.45, 7) is 7.75. The average Bonchev–Trinajstić information content (AvgIpc) is 3.10. The van der Waals surface area contributed by atoms with Crippen LogP contribution in [-0.4, -0.2) is 72.6 Å². The molecule has 0 aromatic rings. The fourth-order valence-corrected chi connectivity index (χ4v) is 6.88. The molecule has 28 heavy (non-hydrogen) atoms. The van der Waals surface area contributed by atoms with Crippen LogP contribution in [0, 0.1) is 29.6 Å². The zero-order valence-electron chi connectivity index (χ0n) is 17.3. The molecule has 5 aliphatic rings. The maximum atomic E-state index is 12.7. The van der Waals surface area contributed by atoms with Crippen molar-refractivity contribution in [1.29, 1.82) is 0 Å². The zero-order chi connectivity index (χ0) is 19.4. The predicted molar refractivity (Wildman–Crippen MR) is 105 cm³/mol. The van der Waals surface area contributed by atoms with Crippen LogP contribution in [-0.2, 0) is 14.3 Å². The summed E-state index contributed by atoms with van der Waals surface area (Å²) in [5, 5.41) is 3.35. The topological polar surface area (TPSA) is 61.9 Å². The second kappa shape index (κ2) is 7.28. The minimum Gasteiger partial charge on any atom is -0.372 e. The number of morpholine rings is 1. The molecule has 2 bridgehead atoms. The van der Waals surface area contributed by atoms with Crippen LogP contribution < -0.4 is 5.32 Å². The Morgan fingerprint density at radius 1 is 0.964 bits per heavy atom. The maximum Gasteiger partial charge on any atom is 0.236 e. The van der Waals surface area contributed by atoms with Gasteiger partial charge in [0.25, 0.3) is 0 Å². The molecule has 2 aliphatic heterocycles. The first-order valence-electron chi connectivity index (χ1n) is 11.5. The van der Waals surface area contributed by atoms with Crippen molar-refractivity contribution in [1.82, 2.24) is 15.1 Å². The van der Waals surface area contributed by atoms with E-state index in [2.05, 4.69) is 10.2 Å². The summed E-state index contributed by atoms with van der Waals surface area (Å²) in [6, 6.07) is 0.293. The highest BCUT2D eigenvalue weighted by atomic mass is 16.5. The Hall–Kier alpha value is -1.14. The number of ether oxygens (including phenoxy) is 1. The highest BCUT2D eigenvalue weighted by Crippen LogP contribution is 2.69. The van der Waals surface area contributed by atoms with Gasteiger partial charge in [0.2, 0.25) is 11.8 Å². The SMILES string of the molecule is CC1CN(C(=O)CN2CCC(NC(=O)C3[C@@H]4[C@H]5CC[C@H](C5)[C@H]34)CC2)CC(C)O1. The Morgan fingerprint density at radius 2 is 1.57 bits per heavy atom. The Balaban J connectivity index is 1.05. The third-order valence-corrected chi connectivity index (χ3v) is 8.10. The van der Waals surface area contributed by atoms with Crippen LogP contribution in [0.25, 0.3) is 0 Å². The predicted octanol–water partition coefficient (Wildman–Crippen LogP) is 1.49. The van der Waals surface area contributed by atoms with Gasteiger partial charge in [0.1, 0.15) is 0 Å². The molecule has 0 aromatic heterocycles. The number of rotatable bonds is 4. The number of nitrogens with zero attached hydrogens (tertiary/aromatic N) is 2. The van der Waals surface area contributed by atoms with Gasteiger partial charge in [-0.2, -0.15) is 0 Å². The summed E-state index contributed by atoms with van der Waals surface area (Å²) in [6.07, 6.45) is 6.28. The molecule has 156 valence electrons. The van der Waals surface area contributed by atoms with Gasteiger partial charge in [-0.15, -0.1) is 0 Å². The number of carbonyl (C=O) groups is 2. The monoisotopic (exact) mass is 389 g/mol. The molecule has 3 unspecified atom stereocenters. The van der Waals surface area contributed by atoms with Crippen LogP contribution in [0.5, 0.6) is 0 Å². The molecular weight excluding hydrogens is 354 g/mol. The summed E-state index contributed by atoms with van der Waals surface area (Å²) in [7, 11) is 0. The second-order valence-corrected chi connectivity index (χ2v) is 10.1. The second-order valence-electron chi connectivity index (χ2n) is 10.1. The lowest BCUT2D eigenvalue weighted by atomic mass is 10.0. The fourth-order valence-electron chi connectivity index (χ4n) is 6.88. The van der Waals surface area contributed by atoms with Gasteiger partial charge in [-0.25, -0.2) is 0 Å². The van der Waals surface area contributed by atoms with Gasteiger partial charge in [0.15, 0.2) is 0 Å². The quantitative estimate of drug-likeness (QED) is 0.792. The van der Waals surface area contributed by atoms with Crippen molar-refractivity contribution in [3.05, 3.63) is 0 Å². The van der Waals surface area contributed by atoms with E-state index in [0.717, 1.165) is 49.6 Å². The number of piperidine rings is 1. The van der Waals surface area contributed by atoms with Crippen LogP contribution >= 0.6 is 0 Å². The molecular formula is C22H35N3O3. The minimum absolute atomic E-state index is 0.116. The summed E-state index contributed by atoms with van der Waals surface area (Å²) < 4.78 is 5.73. The van der Waals surface area contributed by atoms with E-state index < -0.39 is 0 Å². The molecule has 0 radical (unpaired) electrons. The minimum atomic E-state index is 0.116. The molecule has 6 heteroatoms. The lowest BCUT2D eigenvalue weighted by Gasteiger charge is -2.37. The van der Waals surface area contributed by atoms with Crippen molar-refractivity contribution in [2.24, 2.45) is 29.6 Å². The molecule has 7 atom stereocenters. The number of nitrogens with one attached hydrogen (secondary N) is 1. The van der Waals surface area contributed by atoms with Gasteiger partial charge >= 0.3 is 0 Å². The number of fused-ring (bicyclic) bond motifs is 5. The summed E-state index contributed by atoms with van der Waals surface area (Å²) >= 11 is 0. The third-order valence-electron chi connectivity index (χ3n) is 8.10. The average molecular weight is 390 g/mol. The molecule has 3 aliphatic carbocycles. The van der Waals surface area contributed by atoms with Gasteiger partial charge in [0, 0.05) is 38.1 Å². The Morgan fingerprint density at radius 3 is 2.18 bits per heavy atom. The van der Waals surface area contributed by atoms with Crippen molar-refractivity contribution in [3.8, 4) is 0 Å². The van der Waals surface area contributed by atoms with E-state index in [1.54, 1.807) is 0 Å². The number of carbonyl (C=O) groups excluding carboxylic acids is 2. The Labute approximate surface area is 168 Å². The molecule has 2 heterocycles. The van der Waals surface area contributed by atoms with Gasteiger partial charge < -0.3 is 15.0 Å². The van der Waals surface area contributed by atoms with Crippen LogP contribution in [0.1, 0.15) is 46.0 Å². The first-order chi connectivity index (χ1) is 13.5. The van der Waals surface area contributed by atoms with Crippen molar-refractivity contribution >= 4 is 11.8 Å². The largest absolute Gasteiger partial charge is 0.372 e. The number of hydrogen-bond donors (Lipinski definition) is 1. The zero-order valence-corrected chi connectivity index (χ0v) is 17.3. The van der Waals surface area contributed by atoms with E-state index in [1.807, 2.05) is 18.7 Å². The molecule has 0 aromatic carbocycles. The van der Waals surface area contributed by atoms with Crippen molar-refractivity contribution in [2.45, 2.75) is 64.2 Å². The summed E-state index contributed by atoms with van der Waals surface area (Å²) in [4.78, 5) is 29.6.